The van der Waals surface area contributed by atoms with Gasteiger partial charge in [-0.2, -0.15) is 9.97 Å². The van der Waals surface area contributed by atoms with E-state index in [1.165, 1.54) is 6.39 Å². The lowest BCUT2D eigenvalue weighted by atomic mass is 10.3. The molecule has 0 radical (unpaired) electrons. The van der Waals surface area contributed by atoms with Gasteiger partial charge in [-0.3, -0.25) is 0 Å². The number of hydrogen-bond acceptors (Lipinski definition) is 7. The Kier molecular flexibility index (Phi) is 3.49. The van der Waals surface area contributed by atoms with Crippen molar-refractivity contribution in [2.45, 2.75) is 20.4 Å². The standard InChI is InChI=1S/C10H14N6O/c1-3-11-10-13-4-7(2)9(15-10)12-5-8-14-6-17-16-8/h4,6H,3,5H2,1-2H3,(H2,11,12,13,15). The average molecular weight is 234 g/mol. The Balaban J connectivity index is 2.06. The van der Waals surface area contributed by atoms with Crippen LogP contribution in [-0.2, 0) is 6.54 Å². The SMILES string of the molecule is CCNc1ncc(C)c(NCc2ncon2)n1. The predicted molar refractivity (Wildman–Crippen MR) is 62.6 cm³/mol. The van der Waals surface area contributed by atoms with Crippen molar-refractivity contribution < 1.29 is 4.52 Å². The summed E-state index contributed by atoms with van der Waals surface area (Å²) in [6.45, 7) is 5.19. The van der Waals surface area contributed by atoms with E-state index in [2.05, 4.69) is 35.3 Å². The highest BCUT2D eigenvalue weighted by Gasteiger charge is 2.04. The van der Waals surface area contributed by atoms with E-state index in [4.69, 9.17) is 0 Å². The van der Waals surface area contributed by atoms with Gasteiger partial charge < -0.3 is 15.2 Å². The monoisotopic (exact) mass is 234 g/mol. The van der Waals surface area contributed by atoms with Crippen molar-refractivity contribution in [3.8, 4) is 0 Å². The maximum absolute atomic E-state index is 4.65. The Bertz CT molecular complexity index is 470. The fourth-order valence-corrected chi connectivity index (χ4v) is 1.30. The fourth-order valence-electron chi connectivity index (χ4n) is 1.30. The highest BCUT2D eigenvalue weighted by molar-refractivity contribution is 5.46. The third kappa shape index (κ3) is 2.90. The molecule has 0 saturated heterocycles. The van der Waals surface area contributed by atoms with Crippen LogP contribution in [-0.4, -0.2) is 26.7 Å². The fraction of sp³-hybridized carbons (Fsp3) is 0.400. The second-order valence-corrected chi connectivity index (χ2v) is 3.46. The molecule has 7 nitrogen and oxygen atoms in total. The lowest BCUT2D eigenvalue weighted by Crippen LogP contribution is -2.08. The molecule has 0 aliphatic carbocycles. The van der Waals surface area contributed by atoms with Crippen LogP contribution in [0, 0.1) is 6.92 Å². The van der Waals surface area contributed by atoms with Gasteiger partial charge in [0.1, 0.15) is 5.82 Å². The molecule has 0 spiro atoms. The minimum Gasteiger partial charge on any atom is -0.362 e. The molecule has 90 valence electrons. The quantitative estimate of drug-likeness (QED) is 0.803. The first-order chi connectivity index (χ1) is 8.29. The Morgan fingerprint density at radius 2 is 2.18 bits per heavy atom. The Morgan fingerprint density at radius 3 is 2.88 bits per heavy atom. The molecule has 2 N–H and O–H groups in total. The van der Waals surface area contributed by atoms with Crippen molar-refractivity contribution in [3.63, 3.8) is 0 Å². The van der Waals surface area contributed by atoms with Crippen molar-refractivity contribution in [3.05, 3.63) is 24.0 Å². The Labute approximate surface area is 98.7 Å². The summed E-state index contributed by atoms with van der Waals surface area (Å²) in [4.78, 5) is 12.4. The number of aromatic nitrogens is 4. The summed E-state index contributed by atoms with van der Waals surface area (Å²) in [5, 5.41) is 9.91. The molecule has 0 aromatic carbocycles. The van der Waals surface area contributed by atoms with E-state index in [1.54, 1.807) is 6.20 Å². The average Bonchev–Trinajstić information content (AvgIpc) is 2.83. The number of anilines is 2. The summed E-state index contributed by atoms with van der Waals surface area (Å²) in [7, 11) is 0. The van der Waals surface area contributed by atoms with Gasteiger partial charge in [0.25, 0.3) is 0 Å². The largest absolute Gasteiger partial charge is 0.362 e. The van der Waals surface area contributed by atoms with E-state index >= 15 is 0 Å². The van der Waals surface area contributed by atoms with Crippen molar-refractivity contribution in [2.24, 2.45) is 0 Å². The third-order valence-electron chi connectivity index (χ3n) is 2.13. The molecule has 2 rings (SSSR count). The first-order valence-electron chi connectivity index (χ1n) is 5.36. The van der Waals surface area contributed by atoms with Gasteiger partial charge in [0.2, 0.25) is 12.3 Å². The molecule has 2 aromatic rings. The summed E-state index contributed by atoms with van der Waals surface area (Å²) >= 11 is 0. The molecule has 7 heteroatoms. The van der Waals surface area contributed by atoms with Crippen molar-refractivity contribution in [1.29, 1.82) is 0 Å². The lowest BCUT2D eigenvalue weighted by Gasteiger charge is -2.08. The van der Waals surface area contributed by atoms with Crippen LogP contribution >= 0.6 is 0 Å². The number of rotatable bonds is 5. The summed E-state index contributed by atoms with van der Waals surface area (Å²) in [6, 6.07) is 0. The molecule has 0 saturated carbocycles. The van der Waals surface area contributed by atoms with Gasteiger partial charge in [-0.25, -0.2) is 4.98 Å². The van der Waals surface area contributed by atoms with E-state index in [1.807, 2.05) is 13.8 Å². The van der Waals surface area contributed by atoms with Crippen LogP contribution in [0.25, 0.3) is 0 Å². The second kappa shape index (κ2) is 5.24. The first-order valence-corrected chi connectivity index (χ1v) is 5.36. The minimum atomic E-state index is 0.472. The van der Waals surface area contributed by atoms with Crippen LogP contribution in [0.2, 0.25) is 0 Å². The van der Waals surface area contributed by atoms with Gasteiger partial charge in [0, 0.05) is 18.3 Å². The first kappa shape index (κ1) is 11.3. The van der Waals surface area contributed by atoms with Gasteiger partial charge in [0.15, 0.2) is 5.82 Å². The van der Waals surface area contributed by atoms with Gasteiger partial charge in [-0.1, -0.05) is 5.16 Å². The molecule has 0 unspecified atom stereocenters. The van der Waals surface area contributed by atoms with Crippen LogP contribution in [0.3, 0.4) is 0 Å². The molecular formula is C10H14N6O. The molecule has 0 bridgehead atoms. The lowest BCUT2D eigenvalue weighted by molar-refractivity contribution is 0.411. The summed E-state index contributed by atoms with van der Waals surface area (Å²) < 4.78 is 4.65. The maximum atomic E-state index is 4.65. The molecule has 2 heterocycles. The van der Waals surface area contributed by atoms with Crippen LogP contribution < -0.4 is 10.6 Å². The van der Waals surface area contributed by atoms with Gasteiger partial charge >= 0.3 is 0 Å². The molecule has 17 heavy (non-hydrogen) atoms. The van der Waals surface area contributed by atoms with E-state index in [0.717, 1.165) is 17.9 Å². The highest BCUT2D eigenvalue weighted by atomic mass is 16.5. The van der Waals surface area contributed by atoms with Crippen molar-refractivity contribution in [2.75, 3.05) is 17.2 Å². The third-order valence-corrected chi connectivity index (χ3v) is 2.13. The molecule has 0 amide bonds. The zero-order valence-corrected chi connectivity index (χ0v) is 9.77. The highest BCUT2D eigenvalue weighted by Crippen LogP contribution is 2.12. The normalized spacial score (nSPS) is 10.2. The Hall–Kier alpha value is -2.18. The number of nitrogens with zero attached hydrogens (tertiary/aromatic N) is 4. The molecule has 0 aliphatic rings. The molecule has 2 aromatic heterocycles. The van der Waals surface area contributed by atoms with E-state index in [9.17, 15) is 0 Å². The van der Waals surface area contributed by atoms with Crippen LogP contribution in [0.15, 0.2) is 17.1 Å². The van der Waals surface area contributed by atoms with Crippen LogP contribution in [0.5, 0.6) is 0 Å². The molecule has 0 fully saturated rings. The van der Waals surface area contributed by atoms with E-state index in [-0.39, 0.29) is 0 Å². The minimum absolute atomic E-state index is 0.472. The number of aryl methyl sites for hydroxylation is 1. The summed E-state index contributed by atoms with van der Waals surface area (Å²) in [5.74, 6) is 1.96. The summed E-state index contributed by atoms with van der Waals surface area (Å²) in [6.07, 6.45) is 3.07. The van der Waals surface area contributed by atoms with E-state index in [0.29, 0.717) is 18.3 Å². The van der Waals surface area contributed by atoms with E-state index < -0.39 is 0 Å². The molecule has 0 aliphatic heterocycles. The smallest absolute Gasteiger partial charge is 0.224 e. The van der Waals surface area contributed by atoms with Gasteiger partial charge in [-0.05, 0) is 13.8 Å². The number of hydrogen-bond donors (Lipinski definition) is 2. The Morgan fingerprint density at radius 1 is 1.29 bits per heavy atom. The van der Waals surface area contributed by atoms with Crippen molar-refractivity contribution in [1.82, 2.24) is 20.1 Å². The maximum Gasteiger partial charge on any atom is 0.224 e. The molecule has 0 atom stereocenters. The molecular weight excluding hydrogens is 220 g/mol. The van der Waals surface area contributed by atoms with Gasteiger partial charge in [0.05, 0.1) is 6.54 Å². The predicted octanol–water partition coefficient (Wildman–Crippen LogP) is 1.21. The second-order valence-electron chi connectivity index (χ2n) is 3.46. The zero-order chi connectivity index (χ0) is 12.1. The summed E-state index contributed by atoms with van der Waals surface area (Å²) in [5.41, 5.74) is 0.968. The van der Waals surface area contributed by atoms with Gasteiger partial charge in [-0.15, -0.1) is 0 Å². The zero-order valence-electron chi connectivity index (χ0n) is 9.77. The van der Waals surface area contributed by atoms with Crippen LogP contribution in [0.1, 0.15) is 18.3 Å². The topological polar surface area (TPSA) is 88.8 Å². The number of nitrogens with one attached hydrogen (secondary N) is 2. The van der Waals surface area contributed by atoms with Crippen molar-refractivity contribution >= 4 is 11.8 Å². The van der Waals surface area contributed by atoms with Crippen LogP contribution in [0.4, 0.5) is 11.8 Å².